The lowest BCUT2D eigenvalue weighted by atomic mass is 9.66. The lowest BCUT2D eigenvalue weighted by Crippen LogP contribution is -2.50. The van der Waals surface area contributed by atoms with Crippen molar-refractivity contribution in [1.29, 1.82) is 0 Å². The van der Waals surface area contributed by atoms with Gasteiger partial charge in [-0.1, -0.05) is 31.5 Å². The predicted octanol–water partition coefficient (Wildman–Crippen LogP) is 2.24. The van der Waals surface area contributed by atoms with Crippen LogP contribution < -0.4 is 0 Å². The SMILES string of the molecule is C[C@H](O)[C@@H](C)[C@]1(O)O[C@@]2(C)C(=O)C(Cl)=C3C=C(/C=C/[C@H](C)[C@H](C)O)OC=C3[C@H]2[C@H]1C(=O)O. The van der Waals surface area contributed by atoms with Crippen LogP contribution in [-0.4, -0.2) is 55.8 Å². The normalized spacial score (nSPS) is 36.0. The zero-order chi connectivity index (χ0) is 24.2. The molecular formula is C23H29ClO8. The Morgan fingerprint density at radius 1 is 1.22 bits per heavy atom. The van der Waals surface area contributed by atoms with Gasteiger partial charge in [0.25, 0.3) is 0 Å². The fourth-order valence-electron chi connectivity index (χ4n) is 4.45. The molecule has 0 bridgehead atoms. The molecule has 0 aromatic rings. The molecule has 0 aromatic heterocycles. The number of carboxylic acid groups (broad SMARTS) is 1. The van der Waals surface area contributed by atoms with Crippen LogP contribution in [0.1, 0.15) is 34.6 Å². The van der Waals surface area contributed by atoms with Crippen LogP contribution in [0, 0.1) is 23.7 Å². The maximum Gasteiger partial charge on any atom is 0.312 e. The number of ether oxygens (including phenoxy) is 2. The lowest BCUT2D eigenvalue weighted by molar-refractivity contribution is -0.268. The summed E-state index contributed by atoms with van der Waals surface area (Å²) >= 11 is 6.40. The molecule has 0 spiro atoms. The zero-order valence-electron chi connectivity index (χ0n) is 18.6. The molecule has 176 valence electrons. The Bertz CT molecular complexity index is 946. The number of aliphatic hydroxyl groups is 3. The highest BCUT2D eigenvalue weighted by atomic mass is 35.5. The van der Waals surface area contributed by atoms with E-state index in [0.717, 1.165) is 0 Å². The van der Waals surface area contributed by atoms with Crippen molar-refractivity contribution >= 4 is 23.4 Å². The third-order valence-electron chi connectivity index (χ3n) is 6.86. The van der Waals surface area contributed by atoms with Crippen LogP contribution in [0.3, 0.4) is 0 Å². The highest BCUT2D eigenvalue weighted by Gasteiger charge is 2.70. The van der Waals surface area contributed by atoms with Gasteiger partial charge in [-0.3, -0.25) is 9.59 Å². The molecule has 1 aliphatic carbocycles. The Morgan fingerprint density at radius 2 is 1.84 bits per heavy atom. The molecule has 3 rings (SSSR count). The van der Waals surface area contributed by atoms with Crippen LogP contribution in [-0.2, 0) is 19.1 Å². The van der Waals surface area contributed by atoms with Gasteiger partial charge in [-0.2, -0.15) is 0 Å². The topological polar surface area (TPSA) is 134 Å². The van der Waals surface area contributed by atoms with Crippen molar-refractivity contribution in [3.05, 3.63) is 46.4 Å². The van der Waals surface area contributed by atoms with Gasteiger partial charge in [0, 0.05) is 28.9 Å². The number of ketones is 1. The highest BCUT2D eigenvalue weighted by Crippen LogP contribution is 2.58. The standard InChI is InChI=1S/C23H29ClO8/c1-10(12(3)25)6-7-14-8-15-16(9-31-14)17-18(21(28)29)23(30,11(2)13(4)26)32-22(17,5)20(27)19(15)24/h6-13,17-18,25-26,30H,1-5H3,(H,28,29)/b7-6+/t10-,11+,12-,13-,17-,18-,22+,23-/m0/s1. The fourth-order valence-corrected chi connectivity index (χ4v) is 4.80. The average molecular weight is 469 g/mol. The number of allylic oxidation sites excluding steroid dienone is 3. The van der Waals surface area contributed by atoms with Crippen molar-refractivity contribution in [2.75, 3.05) is 0 Å². The number of carbonyl (C=O) groups is 2. The Hall–Kier alpha value is -1.97. The summed E-state index contributed by atoms with van der Waals surface area (Å²) in [5, 5.41) is 40.9. The largest absolute Gasteiger partial charge is 0.481 e. The Morgan fingerprint density at radius 3 is 2.38 bits per heavy atom. The fraction of sp³-hybridized carbons (Fsp3) is 0.565. The van der Waals surface area contributed by atoms with Crippen LogP contribution in [0.25, 0.3) is 0 Å². The Balaban J connectivity index is 2.09. The van der Waals surface area contributed by atoms with E-state index in [9.17, 15) is 30.0 Å². The smallest absolute Gasteiger partial charge is 0.312 e. The summed E-state index contributed by atoms with van der Waals surface area (Å²) in [6.07, 6.45) is 4.54. The number of hydrogen-bond donors (Lipinski definition) is 4. The third kappa shape index (κ3) is 3.74. The molecule has 2 heterocycles. The predicted molar refractivity (Wildman–Crippen MR) is 115 cm³/mol. The minimum Gasteiger partial charge on any atom is -0.481 e. The molecule has 8 nitrogen and oxygen atoms in total. The van der Waals surface area contributed by atoms with Gasteiger partial charge in [0.2, 0.25) is 5.78 Å². The molecule has 0 unspecified atom stereocenters. The van der Waals surface area contributed by atoms with E-state index in [2.05, 4.69) is 0 Å². The summed E-state index contributed by atoms with van der Waals surface area (Å²) in [6.45, 7) is 7.74. The van der Waals surface area contributed by atoms with E-state index < -0.39 is 53.1 Å². The van der Waals surface area contributed by atoms with Crippen LogP contribution in [0.15, 0.2) is 46.4 Å². The quantitative estimate of drug-likeness (QED) is 0.466. The van der Waals surface area contributed by atoms with E-state index in [1.165, 1.54) is 33.1 Å². The Kier molecular flexibility index (Phi) is 6.49. The van der Waals surface area contributed by atoms with Gasteiger partial charge in [-0.05, 0) is 32.9 Å². The number of aliphatic hydroxyl groups excluding tert-OH is 2. The molecule has 1 saturated heterocycles. The number of rotatable bonds is 6. The van der Waals surface area contributed by atoms with Gasteiger partial charge in [-0.15, -0.1) is 0 Å². The molecule has 0 saturated carbocycles. The molecule has 9 heteroatoms. The zero-order valence-corrected chi connectivity index (χ0v) is 19.3. The molecule has 4 N–H and O–H groups in total. The van der Waals surface area contributed by atoms with E-state index >= 15 is 0 Å². The first kappa shape index (κ1) is 24.7. The van der Waals surface area contributed by atoms with Crippen LogP contribution in [0.2, 0.25) is 0 Å². The van der Waals surface area contributed by atoms with Gasteiger partial charge in [0.15, 0.2) is 5.79 Å². The lowest BCUT2D eigenvalue weighted by Gasteiger charge is -2.37. The monoisotopic (exact) mass is 468 g/mol. The second kappa shape index (κ2) is 8.43. The van der Waals surface area contributed by atoms with Crippen LogP contribution in [0.4, 0.5) is 0 Å². The second-order valence-corrected chi connectivity index (χ2v) is 9.42. The number of Topliss-reactive ketones (excluding diaryl/α,β-unsaturated/α-hetero) is 1. The molecule has 1 fully saturated rings. The second-order valence-electron chi connectivity index (χ2n) is 9.04. The molecule has 0 aromatic carbocycles. The van der Waals surface area contributed by atoms with Gasteiger partial charge < -0.3 is 29.9 Å². The van der Waals surface area contributed by atoms with E-state index in [0.29, 0.717) is 16.9 Å². The molecule has 8 atom stereocenters. The summed E-state index contributed by atoms with van der Waals surface area (Å²) in [5.41, 5.74) is -1.16. The first-order chi connectivity index (χ1) is 14.8. The summed E-state index contributed by atoms with van der Waals surface area (Å²) in [4.78, 5) is 25.6. The van der Waals surface area contributed by atoms with Gasteiger partial charge in [-0.25, -0.2) is 0 Å². The van der Waals surface area contributed by atoms with Crippen molar-refractivity contribution < 1.29 is 39.5 Å². The summed E-state index contributed by atoms with van der Waals surface area (Å²) < 4.78 is 11.5. The molecular weight excluding hydrogens is 440 g/mol. The Labute approximate surface area is 191 Å². The van der Waals surface area contributed by atoms with Crippen LogP contribution >= 0.6 is 11.6 Å². The maximum absolute atomic E-state index is 13.3. The van der Waals surface area contributed by atoms with Gasteiger partial charge in [0.05, 0.1) is 23.5 Å². The third-order valence-corrected chi connectivity index (χ3v) is 7.23. The maximum atomic E-state index is 13.3. The highest BCUT2D eigenvalue weighted by molar-refractivity contribution is 6.45. The number of halogens is 1. The number of fused-ring (bicyclic) bond motifs is 3. The molecule has 0 amide bonds. The molecule has 2 aliphatic heterocycles. The summed E-state index contributed by atoms with van der Waals surface area (Å²) in [6, 6.07) is 0. The number of carboxylic acids is 1. The molecule has 3 aliphatic rings. The van der Waals surface area contributed by atoms with Crippen molar-refractivity contribution in [2.24, 2.45) is 23.7 Å². The van der Waals surface area contributed by atoms with Crippen molar-refractivity contribution in [3.8, 4) is 0 Å². The first-order valence-electron chi connectivity index (χ1n) is 10.5. The van der Waals surface area contributed by atoms with E-state index in [1.807, 2.05) is 6.92 Å². The number of hydrogen-bond acceptors (Lipinski definition) is 7. The summed E-state index contributed by atoms with van der Waals surface area (Å²) in [7, 11) is 0. The number of carbonyl (C=O) groups excluding carboxylic acids is 1. The van der Waals surface area contributed by atoms with Crippen LogP contribution in [0.5, 0.6) is 0 Å². The minimum absolute atomic E-state index is 0.151. The van der Waals surface area contributed by atoms with Gasteiger partial charge in [0.1, 0.15) is 17.3 Å². The van der Waals surface area contributed by atoms with E-state index in [1.54, 1.807) is 19.1 Å². The van der Waals surface area contributed by atoms with Crippen molar-refractivity contribution in [3.63, 3.8) is 0 Å². The van der Waals surface area contributed by atoms with Gasteiger partial charge >= 0.3 is 5.97 Å². The first-order valence-corrected chi connectivity index (χ1v) is 10.9. The molecule has 32 heavy (non-hydrogen) atoms. The minimum atomic E-state index is -2.32. The average Bonchev–Trinajstić information content (AvgIpc) is 2.98. The van der Waals surface area contributed by atoms with Crippen molar-refractivity contribution in [1.82, 2.24) is 0 Å². The molecule has 0 radical (unpaired) electrons. The van der Waals surface area contributed by atoms with E-state index in [-0.39, 0.29) is 11.0 Å². The van der Waals surface area contributed by atoms with Crippen molar-refractivity contribution in [2.45, 2.75) is 58.2 Å². The van der Waals surface area contributed by atoms with E-state index in [4.69, 9.17) is 21.1 Å². The summed E-state index contributed by atoms with van der Waals surface area (Å²) in [5.74, 6) is -7.83. The number of aliphatic carboxylic acids is 1.